The van der Waals surface area contributed by atoms with Crippen LogP contribution in [0.15, 0.2) is 48.8 Å². The van der Waals surface area contributed by atoms with Gasteiger partial charge in [0, 0.05) is 41.4 Å². The van der Waals surface area contributed by atoms with E-state index in [1.54, 1.807) is 0 Å². The summed E-state index contributed by atoms with van der Waals surface area (Å²) in [5.41, 5.74) is 4.15. The van der Waals surface area contributed by atoms with Crippen LogP contribution in [0.5, 0.6) is 5.88 Å². The Hall–Kier alpha value is -2.73. The summed E-state index contributed by atoms with van der Waals surface area (Å²) in [4.78, 5) is 2.40. The van der Waals surface area contributed by atoms with Gasteiger partial charge >= 0.3 is 0 Å². The molecule has 146 valence electrons. The zero-order valence-electron chi connectivity index (χ0n) is 16.9. The van der Waals surface area contributed by atoms with Gasteiger partial charge in [-0.25, -0.2) is 0 Å². The molecule has 0 amide bonds. The number of aromatic nitrogens is 4. The molecule has 1 N–H and O–H groups in total. The number of aromatic amines is 1. The van der Waals surface area contributed by atoms with Crippen LogP contribution in [0.25, 0.3) is 22.4 Å². The minimum atomic E-state index is 0.104. The van der Waals surface area contributed by atoms with E-state index < -0.39 is 0 Å². The molecule has 0 saturated carbocycles. The zero-order valence-corrected chi connectivity index (χ0v) is 16.9. The Morgan fingerprint density at radius 1 is 1.04 bits per heavy atom. The molecule has 4 rings (SSSR count). The van der Waals surface area contributed by atoms with Crippen molar-refractivity contribution in [3.63, 3.8) is 0 Å². The molecule has 0 aliphatic carbocycles. The summed E-state index contributed by atoms with van der Waals surface area (Å²) in [5, 5.41) is 15.5. The van der Waals surface area contributed by atoms with Gasteiger partial charge in [-0.1, -0.05) is 31.2 Å². The van der Waals surface area contributed by atoms with E-state index in [9.17, 15) is 0 Å². The van der Waals surface area contributed by atoms with Gasteiger partial charge in [-0.2, -0.15) is 5.10 Å². The fourth-order valence-electron chi connectivity index (χ4n) is 3.76. The molecule has 1 aliphatic heterocycles. The normalized spacial score (nSPS) is 22.1. The van der Waals surface area contributed by atoms with Gasteiger partial charge in [0.2, 0.25) is 5.88 Å². The van der Waals surface area contributed by atoms with E-state index in [0.29, 0.717) is 11.8 Å². The summed E-state index contributed by atoms with van der Waals surface area (Å²) < 4.78 is 6.20. The van der Waals surface area contributed by atoms with Crippen LogP contribution < -0.4 is 4.74 Å². The maximum Gasteiger partial charge on any atom is 0.233 e. The van der Waals surface area contributed by atoms with Crippen molar-refractivity contribution in [2.75, 3.05) is 13.6 Å². The van der Waals surface area contributed by atoms with Crippen molar-refractivity contribution in [3.8, 4) is 28.3 Å². The molecule has 1 saturated heterocycles. The minimum Gasteiger partial charge on any atom is -0.473 e. The number of ether oxygens (including phenoxy) is 1. The zero-order chi connectivity index (χ0) is 19.7. The highest BCUT2D eigenvalue weighted by Crippen LogP contribution is 2.34. The third-order valence-electron chi connectivity index (χ3n) is 6.33. The Bertz CT molecular complexity index is 903. The molecular weight excluding hydrogens is 350 g/mol. The van der Waals surface area contributed by atoms with Crippen LogP contribution >= 0.6 is 0 Å². The molecule has 6 heteroatoms. The van der Waals surface area contributed by atoms with Crippen LogP contribution in [-0.2, 0) is 0 Å². The van der Waals surface area contributed by atoms with Gasteiger partial charge in [-0.15, -0.1) is 10.2 Å². The standard InChI is InChI=1S/C22H27N5O/c1-15-20(11-12-27(4)22(15,2)3)28-21-10-9-19(25-26-21)17-7-5-16(6-8-17)18-13-23-24-14-18/h5-10,13-15,20H,11-12H2,1-4H3,(H,23,24). The van der Waals surface area contributed by atoms with E-state index in [1.807, 2.05) is 24.5 Å². The molecule has 28 heavy (non-hydrogen) atoms. The molecule has 1 aromatic carbocycles. The van der Waals surface area contributed by atoms with Crippen molar-refractivity contribution in [2.24, 2.45) is 5.92 Å². The molecule has 0 radical (unpaired) electrons. The summed E-state index contributed by atoms with van der Waals surface area (Å²) in [5.74, 6) is 0.999. The summed E-state index contributed by atoms with van der Waals surface area (Å²) in [6, 6.07) is 12.1. The second kappa shape index (κ2) is 7.36. The predicted molar refractivity (Wildman–Crippen MR) is 110 cm³/mol. The van der Waals surface area contributed by atoms with Crippen molar-refractivity contribution < 1.29 is 4.74 Å². The highest BCUT2D eigenvalue weighted by molar-refractivity contribution is 5.67. The van der Waals surface area contributed by atoms with E-state index in [4.69, 9.17) is 4.74 Å². The number of H-pyrrole nitrogens is 1. The molecule has 2 unspecified atom stereocenters. The van der Waals surface area contributed by atoms with Crippen molar-refractivity contribution in [3.05, 3.63) is 48.8 Å². The lowest BCUT2D eigenvalue weighted by molar-refractivity contribution is -0.0301. The maximum atomic E-state index is 6.20. The third-order valence-corrected chi connectivity index (χ3v) is 6.33. The first kappa shape index (κ1) is 18.6. The van der Waals surface area contributed by atoms with Crippen molar-refractivity contribution in [1.29, 1.82) is 0 Å². The van der Waals surface area contributed by atoms with Crippen LogP contribution in [0.1, 0.15) is 27.2 Å². The van der Waals surface area contributed by atoms with Gasteiger partial charge in [0.25, 0.3) is 0 Å². The maximum absolute atomic E-state index is 6.20. The summed E-state index contributed by atoms with van der Waals surface area (Å²) in [6.07, 6.45) is 4.85. The molecular formula is C22H27N5O. The van der Waals surface area contributed by atoms with Crippen LogP contribution in [0.4, 0.5) is 0 Å². The number of nitrogens with one attached hydrogen (secondary N) is 1. The van der Waals surface area contributed by atoms with E-state index in [1.165, 1.54) is 0 Å². The first-order valence-corrected chi connectivity index (χ1v) is 9.76. The van der Waals surface area contributed by atoms with E-state index in [-0.39, 0.29) is 11.6 Å². The topological polar surface area (TPSA) is 66.9 Å². The SMILES string of the molecule is CC1C(Oc2ccc(-c3ccc(-c4cn[nH]c4)cc3)nn2)CCN(C)C1(C)C. The average Bonchev–Trinajstić information content (AvgIpc) is 3.25. The number of rotatable bonds is 4. The third kappa shape index (κ3) is 3.52. The van der Waals surface area contributed by atoms with Gasteiger partial charge in [0.15, 0.2) is 0 Å². The number of piperidine rings is 1. The second-order valence-corrected chi connectivity index (χ2v) is 8.13. The largest absolute Gasteiger partial charge is 0.473 e. The lowest BCUT2D eigenvalue weighted by Gasteiger charge is -2.48. The highest BCUT2D eigenvalue weighted by atomic mass is 16.5. The number of hydrogen-bond donors (Lipinski definition) is 1. The van der Waals surface area contributed by atoms with E-state index >= 15 is 0 Å². The van der Waals surface area contributed by atoms with Crippen LogP contribution in [-0.4, -0.2) is 50.5 Å². The highest BCUT2D eigenvalue weighted by Gasteiger charge is 2.40. The number of benzene rings is 1. The molecule has 3 heterocycles. The summed E-state index contributed by atoms with van der Waals surface area (Å²) in [6.45, 7) is 7.82. The van der Waals surface area contributed by atoms with Gasteiger partial charge in [0.05, 0.1) is 11.9 Å². The fourth-order valence-corrected chi connectivity index (χ4v) is 3.76. The van der Waals surface area contributed by atoms with Crippen molar-refractivity contribution >= 4 is 0 Å². The van der Waals surface area contributed by atoms with E-state index in [2.05, 4.69) is 77.4 Å². The van der Waals surface area contributed by atoms with Gasteiger partial charge < -0.3 is 9.64 Å². The molecule has 3 aromatic rings. The first-order chi connectivity index (χ1) is 13.4. The monoisotopic (exact) mass is 377 g/mol. The Morgan fingerprint density at radius 3 is 2.43 bits per heavy atom. The van der Waals surface area contributed by atoms with Crippen molar-refractivity contribution in [2.45, 2.75) is 38.8 Å². The average molecular weight is 377 g/mol. The Morgan fingerprint density at radius 2 is 1.79 bits per heavy atom. The Balaban J connectivity index is 1.45. The number of likely N-dealkylation sites (tertiary alicyclic amines) is 1. The minimum absolute atomic E-state index is 0.104. The first-order valence-electron chi connectivity index (χ1n) is 9.76. The molecule has 0 bridgehead atoms. The smallest absolute Gasteiger partial charge is 0.233 e. The van der Waals surface area contributed by atoms with Gasteiger partial charge in [-0.05, 0) is 38.9 Å². The number of nitrogens with zero attached hydrogens (tertiary/aromatic N) is 4. The van der Waals surface area contributed by atoms with Crippen LogP contribution in [0, 0.1) is 5.92 Å². The summed E-state index contributed by atoms with van der Waals surface area (Å²) >= 11 is 0. The molecule has 0 spiro atoms. The predicted octanol–water partition coefficient (Wildman–Crippen LogP) is 4.03. The summed E-state index contributed by atoms with van der Waals surface area (Å²) in [7, 11) is 2.18. The Kier molecular flexibility index (Phi) is 4.89. The fraction of sp³-hybridized carbons (Fsp3) is 0.409. The van der Waals surface area contributed by atoms with E-state index in [0.717, 1.165) is 35.3 Å². The van der Waals surface area contributed by atoms with Gasteiger partial charge in [-0.3, -0.25) is 5.10 Å². The Labute approximate surface area is 166 Å². The molecule has 6 nitrogen and oxygen atoms in total. The quantitative estimate of drug-likeness (QED) is 0.743. The molecule has 2 atom stereocenters. The van der Waals surface area contributed by atoms with Crippen LogP contribution in [0.3, 0.4) is 0 Å². The second-order valence-electron chi connectivity index (χ2n) is 8.13. The lowest BCUT2D eigenvalue weighted by atomic mass is 9.79. The molecule has 2 aromatic heterocycles. The molecule has 1 fully saturated rings. The van der Waals surface area contributed by atoms with Crippen molar-refractivity contribution in [1.82, 2.24) is 25.3 Å². The number of hydrogen-bond acceptors (Lipinski definition) is 5. The van der Waals surface area contributed by atoms with Crippen LogP contribution in [0.2, 0.25) is 0 Å². The lowest BCUT2D eigenvalue weighted by Crippen LogP contribution is -2.56. The van der Waals surface area contributed by atoms with Gasteiger partial charge in [0.1, 0.15) is 6.10 Å². The molecule has 1 aliphatic rings.